The van der Waals surface area contributed by atoms with Crippen molar-refractivity contribution in [2.45, 2.75) is 31.3 Å². The van der Waals surface area contributed by atoms with Crippen molar-refractivity contribution in [1.29, 1.82) is 0 Å². The van der Waals surface area contributed by atoms with E-state index in [2.05, 4.69) is 5.32 Å². The number of hydrogen-bond donors (Lipinski definition) is 2. The van der Waals surface area contributed by atoms with E-state index in [4.69, 9.17) is 10.7 Å². The molecule has 8 heteroatoms. The van der Waals surface area contributed by atoms with Gasteiger partial charge in [-0.05, 0) is 37.6 Å². The van der Waals surface area contributed by atoms with E-state index in [9.17, 15) is 13.2 Å². The van der Waals surface area contributed by atoms with E-state index in [0.29, 0.717) is 29.5 Å². The Morgan fingerprint density at radius 1 is 1.20 bits per heavy atom. The molecule has 4 rings (SSSR count). The summed E-state index contributed by atoms with van der Waals surface area (Å²) in [6, 6.07) is 14.0. The zero-order chi connectivity index (χ0) is 21.5. The van der Waals surface area contributed by atoms with E-state index < -0.39 is 15.9 Å². The van der Waals surface area contributed by atoms with Crippen LogP contribution in [0.15, 0.2) is 53.4 Å². The van der Waals surface area contributed by atoms with E-state index in [1.807, 2.05) is 42.2 Å². The van der Waals surface area contributed by atoms with Gasteiger partial charge >= 0.3 is 0 Å². The van der Waals surface area contributed by atoms with Gasteiger partial charge in [-0.3, -0.25) is 4.79 Å². The topological polar surface area (TPSA) is 105 Å². The van der Waals surface area contributed by atoms with E-state index in [1.165, 1.54) is 0 Å². The summed E-state index contributed by atoms with van der Waals surface area (Å²) in [5, 5.41) is 3.71. The van der Waals surface area contributed by atoms with E-state index in [-0.39, 0.29) is 11.7 Å². The van der Waals surface area contributed by atoms with Gasteiger partial charge in [0.05, 0.1) is 27.9 Å². The lowest BCUT2D eigenvalue weighted by Gasteiger charge is -2.23. The summed E-state index contributed by atoms with van der Waals surface area (Å²) in [7, 11) is -3.36. The molecule has 1 amide bonds. The fourth-order valence-electron chi connectivity index (χ4n) is 3.60. The molecule has 0 saturated heterocycles. The molecule has 0 spiro atoms. The van der Waals surface area contributed by atoms with Crippen LogP contribution in [0, 0.1) is 6.92 Å². The Kier molecular flexibility index (Phi) is 5.21. The van der Waals surface area contributed by atoms with E-state index in [0.717, 1.165) is 22.0 Å². The minimum absolute atomic E-state index is 0.000838. The molecule has 3 aromatic rings. The molecule has 1 aromatic heterocycles. The van der Waals surface area contributed by atoms with Gasteiger partial charge < -0.3 is 16.0 Å². The maximum absolute atomic E-state index is 12.7. The van der Waals surface area contributed by atoms with Gasteiger partial charge in [0.1, 0.15) is 5.82 Å². The van der Waals surface area contributed by atoms with Crippen LogP contribution in [0.2, 0.25) is 0 Å². The number of anilines is 2. The van der Waals surface area contributed by atoms with Crippen molar-refractivity contribution in [3.63, 3.8) is 0 Å². The first kappa shape index (κ1) is 20.3. The largest absolute Gasteiger partial charge is 0.351 e. The van der Waals surface area contributed by atoms with Crippen molar-refractivity contribution in [2.75, 3.05) is 22.5 Å². The summed E-state index contributed by atoms with van der Waals surface area (Å²) >= 11 is 0. The SMILES string of the molecule is Cc1ccc2nc(N3CCS(=O)(=O)c4ccccc4C3)cc(NC(=O)C(C)N)c2c1. The van der Waals surface area contributed by atoms with Gasteiger partial charge in [-0.2, -0.15) is 0 Å². The number of benzene rings is 2. The second kappa shape index (κ2) is 7.70. The van der Waals surface area contributed by atoms with Crippen LogP contribution in [-0.2, 0) is 21.2 Å². The number of nitrogens with one attached hydrogen (secondary N) is 1. The maximum Gasteiger partial charge on any atom is 0.241 e. The van der Waals surface area contributed by atoms with Gasteiger partial charge in [0, 0.05) is 24.5 Å². The first-order valence-electron chi connectivity index (χ1n) is 9.78. The number of carbonyl (C=O) groups excluding carboxylic acids is 1. The van der Waals surface area contributed by atoms with Crippen LogP contribution in [-0.4, -0.2) is 37.6 Å². The van der Waals surface area contributed by atoms with Crippen molar-refractivity contribution < 1.29 is 13.2 Å². The normalized spacial score (nSPS) is 16.6. The van der Waals surface area contributed by atoms with Gasteiger partial charge in [-0.15, -0.1) is 0 Å². The number of fused-ring (bicyclic) bond motifs is 2. The summed E-state index contributed by atoms with van der Waals surface area (Å²) in [5.41, 5.74) is 8.85. The third kappa shape index (κ3) is 3.88. The van der Waals surface area contributed by atoms with Crippen molar-refractivity contribution >= 4 is 38.2 Å². The minimum Gasteiger partial charge on any atom is -0.351 e. The van der Waals surface area contributed by atoms with E-state index >= 15 is 0 Å². The average Bonchev–Trinajstić information content (AvgIpc) is 2.84. The summed E-state index contributed by atoms with van der Waals surface area (Å²) in [6.07, 6.45) is 0. The molecule has 3 N–H and O–H groups in total. The molecule has 2 aromatic carbocycles. The van der Waals surface area contributed by atoms with Gasteiger partial charge in [-0.25, -0.2) is 13.4 Å². The number of hydrogen-bond acceptors (Lipinski definition) is 6. The highest BCUT2D eigenvalue weighted by Crippen LogP contribution is 2.31. The minimum atomic E-state index is -3.36. The predicted molar refractivity (Wildman–Crippen MR) is 118 cm³/mol. The van der Waals surface area contributed by atoms with Crippen LogP contribution in [0.25, 0.3) is 10.9 Å². The van der Waals surface area contributed by atoms with Gasteiger partial charge in [0.25, 0.3) is 0 Å². The first-order chi connectivity index (χ1) is 14.2. The Labute approximate surface area is 175 Å². The molecule has 30 heavy (non-hydrogen) atoms. The third-order valence-corrected chi connectivity index (χ3v) is 7.03. The van der Waals surface area contributed by atoms with Crippen molar-refractivity contribution in [2.24, 2.45) is 5.73 Å². The van der Waals surface area contributed by atoms with E-state index in [1.54, 1.807) is 25.1 Å². The lowest BCUT2D eigenvalue weighted by Crippen LogP contribution is -2.32. The number of rotatable bonds is 3. The molecule has 1 aliphatic rings. The van der Waals surface area contributed by atoms with Crippen LogP contribution in [0.1, 0.15) is 18.1 Å². The van der Waals surface area contributed by atoms with Crippen molar-refractivity contribution in [3.05, 3.63) is 59.7 Å². The Morgan fingerprint density at radius 3 is 2.73 bits per heavy atom. The predicted octanol–water partition coefficient (Wildman–Crippen LogP) is 2.62. The molecule has 156 valence electrons. The molecule has 1 unspecified atom stereocenters. The molecule has 0 radical (unpaired) electrons. The Morgan fingerprint density at radius 2 is 1.97 bits per heavy atom. The molecular formula is C22H24N4O3S. The molecule has 2 heterocycles. The number of pyridine rings is 1. The first-order valence-corrected chi connectivity index (χ1v) is 11.4. The van der Waals surface area contributed by atoms with Gasteiger partial charge in [0.15, 0.2) is 9.84 Å². The number of nitrogens with zero attached hydrogens (tertiary/aromatic N) is 2. The standard InChI is InChI=1S/C22H24N4O3S/c1-14-7-8-18-17(11-14)19(25-22(27)15(2)23)12-21(24-18)26-9-10-30(28,29)20-6-4-3-5-16(20)13-26/h3-8,11-12,15H,9-10,13,23H2,1-2H3,(H,24,25,27). The fraction of sp³-hybridized carbons (Fsp3) is 0.273. The van der Waals surface area contributed by atoms with Gasteiger partial charge in [0.2, 0.25) is 5.91 Å². The van der Waals surface area contributed by atoms with Crippen molar-refractivity contribution in [1.82, 2.24) is 4.98 Å². The average molecular weight is 425 g/mol. The lowest BCUT2D eigenvalue weighted by atomic mass is 10.1. The highest BCUT2D eigenvalue weighted by molar-refractivity contribution is 7.91. The number of carbonyl (C=O) groups is 1. The lowest BCUT2D eigenvalue weighted by molar-refractivity contribution is -0.117. The second-order valence-corrected chi connectivity index (χ2v) is 9.75. The van der Waals surface area contributed by atoms with Crippen LogP contribution >= 0.6 is 0 Å². The number of amides is 1. The fourth-order valence-corrected chi connectivity index (χ4v) is 5.09. The van der Waals surface area contributed by atoms with Crippen LogP contribution < -0.4 is 16.0 Å². The smallest absolute Gasteiger partial charge is 0.241 e. The Bertz CT molecular complexity index is 1240. The maximum atomic E-state index is 12.7. The monoisotopic (exact) mass is 424 g/mol. The molecule has 0 bridgehead atoms. The summed E-state index contributed by atoms with van der Waals surface area (Å²) in [5.74, 6) is 0.316. The van der Waals surface area contributed by atoms with Crippen molar-refractivity contribution in [3.8, 4) is 0 Å². The highest BCUT2D eigenvalue weighted by Gasteiger charge is 2.26. The summed E-state index contributed by atoms with van der Waals surface area (Å²) in [6.45, 7) is 4.32. The molecular weight excluding hydrogens is 400 g/mol. The van der Waals surface area contributed by atoms with Crippen LogP contribution in [0.4, 0.5) is 11.5 Å². The number of sulfone groups is 1. The molecule has 0 fully saturated rings. The molecule has 1 atom stereocenters. The number of aromatic nitrogens is 1. The Balaban J connectivity index is 1.81. The highest BCUT2D eigenvalue weighted by atomic mass is 32.2. The zero-order valence-corrected chi connectivity index (χ0v) is 17.7. The molecule has 0 aliphatic carbocycles. The quantitative estimate of drug-likeness (QED) is 0.670. The second-order valence-electron chi connectivity index (χ2n) is 7.67. The van der Waals surface area contributed by atoms with Gasteiger partial charge in [-0.1, -0.05) is 29.8 Å². The van der Waals surface area contributed by atoms with Crippen LogP contribution in [0.3, 0.4) is 0 Å². The Hall–Kier alpha value is -2.97. The zero-order valence-electron chi connectivity index (χ0n) is 16.9. The molecule has 1 aliphatic heterocycles. The molecule has 7 nitrogen and oxygen atoms in total. The third-order valence-electron chi connectivity index (χ3n) is 5.24. The summed E-state index contributed by atoms with van der Waals surface area (Å²) < 4.78 is 25.4. The number of nitrogens with two attached hydrogens (primary N) is 1. The number of aryl methyl sites for hydroxylation is 1. The molecule has 0 saturated carbocycles. The van der Waals surface area contributed by atoms with Crippen LogP contribution in [0.5, 0.6) is 0 Å². The summed E-state index contributed by atoms with van der Waals surface area (Å²) in [4.78, 5) is 19.4.